The smallest absolute Gasteiger partial charge is 0.205 e. The van der Waals surface area contributed by atoms with Crippen LogP contribution in [0.5, 0.6) is 0 Å². The van der Waals surface area contributed by atoms with E-state index >= 15 is 0 Å². The Hall–Kier alpha value is -1.51. The first-order valence-corrected chi connectivity index (χ1v) is 4.16. The molecule has 0 saturated carbocycles. The molecule has 0 aromatic carbocycles. The molecule has 2 heterocycles. The lowest BCUT2D eigenvalue weighted by Gasteiger charge is -1.81. The topological polar surface area (TPSA) is 87.2 Å². The molecule has 0 N–H and O–H groups in total. The van der Waals surface area contributed by atoms with Crippen molar-refractivity contribution >= 4 is 12.6 Å². The predicted molar refractivity (Wildman–Crippen MR) is 49.6 cm³/mol. The van der Waals surface area contributed by atoms with E-state index in [0.29, 0.717) is 5.16 Å². The van der Waals surface area contributed by atoms with Crippen LogP contribution in [0, 0.1) is 6.92 Å². The SMILES string of the molecule is Cc1nnnn1C.Cn1nnnc1S. The minimum atomic E-state index is 0.528. The molecule has 9 heteroatoms. The molecule has 8 nitrogen and oxygen atoms in total. The number of tetrazole rings is 2. The van der Waals surface area contributed by atoms with Gasteiger partial charge >= 0.3 is 0 Å². The monoisotopic (exact) mass is 214 g/mol. The van der Waals surface area contributed by atoms with E-state index in [4.69, 9.17) is 0 Å². The van der Waals surface area contributed by atoms with Gasteiger partial charge in [-0.1, -0.05) is 0 Å². The molecular weight excluding hydrogens is 204 g/mol. The number of aryl methyl sites for hydroxylation is 3. The Morgan fingerprint density at radius 2 is 1.57 bits per heavy atom. The summed E-state index contributed by atoms with van der Waals surface area (Å²) in [5.74, 6) is 0.833. The molecule has 0 aliphatic rings. The van der Waals surface area contributed by atoms with Gasteiger partial charge in [0.05, 0.1) is 0 Å². The van der Waals surface area contributed by atoms with Crippen LogP contribution in [0.15, 0.2) is 5.16 Å². The molecule has 0 radical (unpaired) electrons. The zero-order valence-corrected chi connectivity index (χ0v) is 8.92. The second kappa shape index (κ2) is 4.65. The van der Waals surface area contributed by atoms with Gasteiger partial charge in [0.15, 0.2) is 0 Å². The first-order valence-electron chi connectivity index (χ1n) is 3.71. The molecule has 0 atom stereocenters. The van der Waals surface area contributed by atoms with E-state index in [-0.39, 0.29) is 0 Å². The first-order chi connectivity index (χ1) is 6.61. The van der Waals surface area contributed by atoms with Crippen molar-refractivity contribution in [2.75, 3.05) is 0 Å². The Morgan fingerprint density at radius 1 is 1.00 bits per heavy atom. The van der Waals surface area contributed by atoms with Crippen LogP contribution in [0.1, 0.15) is 5.82 Å². The molecule has 0 saturated heterocycles. The van der Waals surface area contributed by atoms with E-state index in [1.165, 1.54) is 4.68 Å². The van der Waals surface area contributed by atoms with Crippen molar-refractivity contribution in [3.8, 4) is 0 Å². The molecule has 0 fully saturated rings. The molecule has 0 bridgehead atoms. The maximum atomic E-state index is 3.88. The number of hydrogen-bond acceptors (Lipinski definition) is 7. The molecule has 76 valence electrons. The lowest BCUT2D eigenvalue weighted by atomic mass is 10.7. The van der Waals surface area contributed by atoms with Gasteiger partial charge in [0.1, 0.15) is 5.82 Å². The minimum Gasteiger partial charge on any atom is -0.233 e. The van der Waals surface area contributed by atoms with Crippen molar-refractivity contribution in [1.29, 1.82) is 0 Å². The fraction of sp³-hybridized carbons (Fsp3) is 0.600. The Morgan fingerprint density at radius 3 is 1.71 bits per heavy atom. The second-order valence-corrected chi connectivity index (χ2v) is 2.85. The number of thiol groups is 1. The summed E-state index contributed by atoms with van der Waals surface area (Å²) >= 11 is 3.88. The highest BCUT2D eigenvalue weighted by Gasteiger charge is 1.89. The van der Waals surface area contributed by atoms with E-state index < -0.39 is 0 Å². The molecule has 0 amide bonds. The number of aromatic nitrogens is 8. The molecule has 2 rings (SSSR count). The summed E-state index contributed by atoms with van der Waals surface area (Å²) < 4.78 is 3.09. The fourth-order valence-electron chi connectivity index (χ4n) is 0.499. The van der Waals surface area contributed by atoms with Crippen LogP contribution >= 0.6 is 12.6 Å². The molecule has 2 aromatic heterocycles. The van der Waals surface area contributed by atoms with Gasteiger partial charge in [-0.15, -0.1) is 22.8 Å². The van der Waals surface area contributed by atoms with Gasteiger partial charge in [0.2, 0.25) is 5.16 Å². The van der Waals surface area contributed by atoms with Crippen LogP contribution in [0.2, 0.25) is 0 Å². The van der Waals surface area contributed by atoms with Crippen LogP contribution in [-0.2, 0) is 14.1 Å². The molecule has 0 unspecified atom stereocenters. The molecule has 14 heavy (non-hydrogen) atoms. The van der Waals surface area contributed by atoms with Gasteiger partial charge in [-0.2, -0.15) is 0 Å². The lowest BCUT2D eigenvalue weighted by Crippen LogP contribution is -1.92. The van der Waals surface area contributed by atoms with Crippen molar-refractivity contribution in [3.63, 3.8) is 0 Å². The molecule has 0 aliphatic carbocycles. The van der Waals surface area contributed by atoms with E-state index in [2.05, 4.69) is 43.7 Å². The zero-order chi connectivity index (χ0) is 10.6. The summed E-state index contributed by atoms with van der Waals surface area (Å²) in [7, 11) is 3.53. The van der Waals surface area contributed by atoms with E-state index in [1.54, 1.807) is 18.8 Å². The summed E-state index contributed by atoms with van der Waals surface area (Å²) in [6.45, 7) is 1.85. The van der Waals surface area contributed by atoms with Crippen molar-refractivity contribution in [2.45, 2.75) is 12.1 Å². The van der Waals surface area contributed by atoms with Crippen molar-refractivity contribution in [2.24, 2.45) is 14.1 Å². The average Bonchev–Trinajstić information content (AvgIpc) is 2.67. The lowest BCUT2D eigenvalue weighted by molar-refractivity contribution is 0.666. The standard InChI is InChI=1S/C3H6N4.C2H4N4S/c1-3-4-5-6-7(3)2;1-6-2(7)3-4-5-6/h1-2H3;1H3,(H,3,5,7). The molecular formula is C5H10N8S. The molecule has 0 spiro atoms. The Balaban J connectivity index is 0.000000140. The third-order valence-electron chi connectivity index (χ3n) is 1.43. The van der Waals surface area contributed by atoms with Gasteiger partial charge in [0, 0.05) is 14.1 Å². The average molecular weight is 214 g/mol. The highest BCUT2D eigenvalue weighted by Crippen LogP contribution is 1.90. The first kappa shape index (κ1) is 10.6. The Kier molecular flexibility index (Phi) is 3.51. The minimum absolute atomic E-state index is 0.528. The summed E-state index contributed by atoms with van der Waals surface area (Å²) in [6, 6.07) is 0. The largest absolute Gasteiger partial charge is 0.233 e. The molecule has 2 aromatic rings. The van der Waals surface area contributed by atoms with Gasteiger partial charge in [-0.05, 0) is 27.8 Å². The highest BCUT2D eigenvalue weighted by molar-refractivity contribution is 7.80. The normalized spacial score (nSPS) is 9.43. The van der Waals surface area contributed by atoms with Crippen LogP contribution in [-0.4, -0.2) is 40.4 Å². The van der Waals surface area contributed by atoms with Gasteiger partial charge in [-0.25, -0.2) is 9.36 Å². The van der Waals surface area contributed by atoms with Crippen molar-refractivity contribution < 1.29 is 0 Å². The van der Waals surface area contributed by atoms with Crippen LogP contribution < -0.4 is 0 Å². The maximum Gasteiger partial charge on any atom is 0.205 e. The summed E-state index contributed by atoms with van der Waals surface area (Å²) in [5.41, 5.74) is 0. The summed E-state index contributed by atoms with van der Waals surface area (Å²) in [5, 5.41) is 21.4. The molecule has 0 aliphatic heterocycles. The predicted octanol–water partition coefficient (Wildman–Crippen LogP) is -0.983. The van der Waals surface area contributed by atoms with Crippen LogP contribution in [0.25, 0.3) is 0 Å². The summed E-state index contributed by atoms with van der Waals surface area (Å²) in [4.78, 5) is 0. The van der Waals surface area contributed by atoms with Gasteiger partial charge in [0.25, 0.3) is 0 Å². The van der Waals surface area contributed by atoms with E-state index in [0.717, 1.165) is 5.82 Å². The number of nitrogens with zero attached hydrogens (tertiary/aromatic N) is 8. The highest BCUT2D eigenvalue weighted by atomic mass is 32.1. The van der Waals surface area contributed by atoms with E-state index in [9.17, 15) is 0 Å². The second-order valence-electron chi connectivity index (χ2n) is 2.45. The maximum absolute atomic E-state index is 3.88. The van der Waals surface area contributed by atoms with Gasteiger partial charge in [-0.3, -0.25) is 0 Å². The van der Waals surface area contributed by atoms with Crippen LogP contribution in [0.3, 0.4) is 0 Å². The van der Waals surface area contributed by atoms with Crippen LogP contribution in [0.4, 0.5) is 0 Å². The Bertz CT molecular complexity index is 321. The fourth-order valence-corrected chi connectivity index (χ4v) is 0.579. The van der Waals surface area contributed by atoms with E-state index in [1.807, 2.05) is 6.92 Å². The van der Waals surface area contributed by atoms with Crippen molar-refractivity contribution in [3.05, 3.63) is 5.82 Å². The number of rotatable bonds is 0. The van der Waals surface area contributed by atoms with Crippen molar-refractivity contribution in [1.82, 2.24) is 40.4 Å². The Labute approximate surface area is 85.7 Å². The third kappa shape index (κ3) is 2.76. The zero-order valence-electron chi connectivity index (χ0n) is 8.02. The number of hydrogen-bond donors (Lipinski definition) is 1. The van der Waals surface area contributed by atoms with Gasteiger partial charge < -0.3 is 0 Å². The third-order valence-corrected chi connectivity index (χ3v) is 1.81. The summed E-state index contributed by atoms with van der Waals surface area (Å²) in [6.07, 6.45) is 0. The quantitative estimate of drug-likeness (QED) is 0.567.